The summed E-state index contributed by atoms with van der Waals surface area (Å²) in [5, 5.41) is 0. The van der Waals surface area contributed by atoms with E-state index in [1.807, 2.05) is 12.2 Å². The van der Waals surface area contributed by atoms with Gasteiger partial charge in [-0.25, -0.2) is 4.57 Å². The smallest absolute Gasteiger partial charge is 0.462 e. The molecule has 1 atom stereocenters. The summed E-state index contributed by atoms with van der Waals surface area (Å²) in [5.41, 5.74) is 0. The van der Waals surface area contributed by atoms with Crippen LogP contribution in [0.1, 0.15) is 168 Å². The van der Waals surface area contributed by atoms with Crippen LogP contribution >= 0.6 is 7.82 Å². The van der Waals surface area contributed by atoms with E-state index in [4.69, 9.17) is 19.3 Å². The molecule has 0 aliphatic carbocycles. The number of hydrogen-bond acceptors (Lipinski definition) is 6. The minimum absolute atomic E-state index is 0.137. The summed E-state index contributed by atoms with van der Waals surface area (Å²) in [6, 6.07) is 0. The number of phosphoric acid groups is 1. The molecule has 0 heterocycles. The lowest BCUT2D eigenvalue weighted by Gasteiger charge is -2.18. The molecule has 0 spiro atoms. The van der Waals surface area contributed by atoms with Gasteiger partial charge in [-0.1, -0.05) is 163 Å². The summed E-state index contributed by atoms with van der Waals surface area (Å²) in [6.07, 6.45) is 53.1. The van der Waals surface area contributed by atoms with E-state index in [1.165, 1.54) is 64.2 Å². The van der Waals surface area contributed by atoms with Gasteiger partial charge in [-0.05, 0) is 77.0 Å². The monoisotopic (exact) mass is 775 g/mol. The van der Waals surface area contributed by atoms with Crippen LogP contribution in [0.5, 0.6) is 0 Å². The lowest BCUT2D eigenvalue weighted by atomic mass is 10.1. The molecule has 0 radical (unpaired) electrons. The van der Waals surface area contributed by atoms with Crippen LogP contribution in [0.15, 0.2) is 85.1 Å². The highest BCUT2D eigenvalue weighted by molar-refractivity contribution is 7.46. The standard InChI is InChI=1S/C45H75O8P/c1-3-5-7-9-11-13-15-17-19-21-22-24-25-27-29-31-33-35-37-39-44(46)51-41-43(42-52-54(48,49)50)53-45(47)40-38-36-34-32-30-28-26-23-20-18-16-14-12-10-8-6-4-2/h5,7,11,13,17-20,22,24,27,29,33,35,43H,3-4,6,8-10,12,14-16,21,23,25-26,28,30-32,34,36-42H2,1-2H3,(H2,48,49,50)/b7-5+,13-11+,19-17+,20-18+,24-22+,29-27+,35-33+/t43-/m1/s1. The molecule has 0 rings (SSSR count). The average Bonchev–Trinajstić information content (AvgIpc) is 3.14. The second kappa shape index (κ2) is 39.9. The number of unbranched alkanes of at least 4 members (excludes halogenated alkanes) is 13. The molecule has 8 nitrogen and oxygen atoms in total. The molecule has 0 aromatic carbocycles. The van der Waals surface area contributed by atoms with Crippen LogP contribution < -0.4 is 0 Å². The summed E-state index contributed by atoms with van der Waals surface area (Å²) in [4.78, 5) is 42.8. The predicted molar refractivity (Wildman–Crippen MR) is 225 cm³/mol. The van der Waals surface area contributed by atoms with E-state index in [0.717, 1.165) is 64.2 Å². The van der Waals surface area contributed by atoms with Gasteiger partial charge in [0.1, 0.15) is 6.61 Å². The number of ether oxygens (including phenoxy) is 2. The molecule has 0 amide bonds. The number of allylic oxidation sites excluding steroid dienone is 14. The van der Waals surface area contributed by atoms with E-state index in [0.29, 0.717) is 12.8 Å². The van der Waals surface area contributed by atoms with Gasteiger partial charge in [-0.3, -0.25) is 14.1 Å². The highest BCUT2D eigenvalue weighted by Crippen LogP contribution is 2.36. The van der Waals surface area contributed by atoms with Crippen molar-refractivity contribution in [2.24, 2.45) is 0 Å². The first-order valence-electron chi connectivity index (χ1n) is 20.9. The summed E-state index contributed by atoms with van der Waals surface area (Å²) < 4.78 is 26.3. The minimum atomic E-state index is -4.78. The van der Waals surface area contributed by atoms with Gasteiger partial charge in [0, 0.05) is 12.8 Å². The Hall–Kier alpha value is -2.77. The molecule has 0 unspecified atom stereocenters. The van der Waals surface area contributed by atoms with Crippen LogP contribution in [0.25, 0.3) is 0 Å². The average molecular weight is 775 g/mol. The molecule has 0 fully saturated rings. The first-order chi connectivity index (χ1) is 26.3. The molecular formula is C45H75O8P. The maximum Gasteiger partial charge on any atom is 0.469 e. The quantitative estimate of drug-likeness (QED) is 0.0277. The van der Waals surface area contributed by atoms with E-state index >= 15 is 0 Å². The summed E-state index contributed by atoms with van der Waals surface area (Å²) in [5.74, 6) is -0.993. The third-order valence-corrected chi connectivity index (χ3v) is 8.90. The summed E-state index contributed by atoms with van der Waals surface area (Å²) in [7, 11) is -4.78. The number of carbonyl (C=O) groups is 2. The molecule has 0 saturated carbocycles. The van der Waals surface area contributed by atoms with Crippen molar-refractivity contribution in [1.29, 1.82) is 0 Å². The second-order valence-corrected chi connectivity index (χ2v) is 14.8. The third-order valence-electron chi connectivity index (χ3n) is 8.41. The fourth-order valence-corrected chi connectivity index (χ4v) is 5.69. The Bertz CT molecular complexity index is 1140. The first-order valence-corrected chi connectivity index (χ1v) is 22.4. The summed E-state index contributed by atoms with van der Waals surface area (Å²) in [6.45, 7) is 3.49. The highest BCUT2D eigenvalue weighted by atomic mass is 31.2. The largest absolute Gasteiger partial charge is 0.469 e. The lowest BCUT2D eigenvalue weighted by molar-refractivity contribution is -0.161. The van der Waals surface area contributed by atoms with Crippen molar-refractivity contribution < 1.29 is 37.9 Å². The number of hydrogen-bond donors (Lipinski definition) is 2. The van der Waals surface area contributed by atoms with E-state index < -0.39 is 32.5 Å². The fourth-order valence-electron chi connectivity index (χ4n) is 5.33. The zero-order valence-electron chi connectivity index (χ0n) is 33.8. The molecule has 308 valence electrons. The maximum atomic E-state index is 12.4. The zero-order chi connectivity index (χ0) is 39.6. The molecule has 0 bridgehead atoms. The predicted octanol–water partition coefficient (Wildman–Crippen LogP) is 12.8. The minimum Gasteiger partial charge on any atom is -0.462 e. The van der Waals surface area contributed by atoms with E-state index in [9.17, 15) is 14.2 Å². The topological polar surface area (TPSA) is 119 Å². The number of esters is 2. The van der Waals surface area contributed by atoms with E-state index in [2.05, 4.69) is 91.3 Å². The Balaban J connectivity index is 4.07. The normalized spacial score (nSPS) is 13.3. The Labute approximate surface area is 329 Å². The molecule has 0 aliphatic rings. The third kappa shape index (κ3) is 42.0. The Morgan fingerprint density at radius 3 is 1.41 bits per heavy atom. The lowest BCUT2D eigenvalue weighted by Crippen LogP contribution is -2.29. The SMILES string of the molecule is CC/C=C/C/C=C/C/C=C/C/C=C/C/C=C/C/C=C/CCC(=O)OC[C@H](COP(=O)(O)O)OC(=O)CCCCCCCCC/C=C/CCCCCCCC. The Morgan fingerprint density at radius 1 is 0.500 bits per heavy atom. The second-order valence-electron chi connectivity index (χ2n) is 13.6. The maximum absolute atomic E-state index is 12.4. The van der Waals surface area contributed by atoms with Gasteiger partial charge < -0.3 is 19.3 Å². The number of carbonyl (C=O) groups excluding carboxylic acids is 2. The molecule has 0 saturated heterocycles. The van der Waals surface area contributed by atoms with Gasteiger partial charge in [0.15, 0.2) is 6.10 Å². The van der Waals surface area contributed by atoms with Crippen LogP contribution in [-0.4, -0.2) is 41.0 Å². The van der Waals surface area contributed by atoms with Gasteiger partial charge in [-0.15, -0.1) is 0 Å². The van der Waals surface area contributed by atoms with Crippen molar-refractivity contribution in [3.63, 3.8) is 0 Å². The van der Waals surface area contributed by atoms with Crippen LogP contribution in [-0.2, 0) is 28.2 Å². The molecule has 9 heteroatoms. The zero-order valence-corrected chi connectivity index (χ0v) is 34.7. The Morgan fingerprint density at radius 2 is 0.926 bits per heavy atom. The van der Waals surface area contributed by atoms with Crippen molar-refractivity contribution in [3.8, 4) is 0 Å². The van der Waals surface area contributed by atoms with Gasteiger partial charge >= 0.3 is 19.8 Å². The van der Waals surface area contributed by atoms with Crippen LogP contribution in [0.4, 0.5) is 0 Å². The summed E-state index contributed by atoms with van der Waals surface area (Å²) >= 11 is 0. The first kappa shape index (κ1) is 51.2. The van der Waals surface area contributed by atoms with Gasteiger partial charge in [0.05, 0.1) is 6.61 Å². The highest BCUT2D eigenvalue weighted by Gasteiger charge is 2.22. The molecule has 0 aliphatic heterocycles. The van der Waals surface area contributed by atoms with Crippen LogP contribution in [0, 0.1) is 0 Å². The van der Waals surface area contributed by atoms with Crippen LogP contribution in [0.2, 0.25) is 0 Å². The number of rotatable bonds is 37. The van der Waals surface area contributed by atoms with Crippen molar-refractivity contribution in [2.45, 2.75) is 174 Å². The Kier molecular flexibility index (Phi) is 37.9. The molecule has 0 aromatic rings. The molecule has 2 N–H and O–H groups in total. The van der Waals surface area contributed by atoms with Gasteiger partial charge in [-0.2, -0.15) is 0 Å². The van der Waals surface area contributed by atoms with Crippen molar-refractivity contribution >= 4 is 19.8 Å². The number of phosphoric ester groups is 1. The van der Waals surface area contributed by atoms with E-state index in [1.54, 1.807) is 0 Å². The molecule has 54 heavy (non-hydrogen) atoms. The van der Waals surface area contributed by atoms with Crippen molar-refractivity contribution in [1.82, 2.24) is 0 Å². The van der Waals surface area contributed by atoms with Gasteiger partial charge in [0.2, 0.25) is 0 Å². The van der Waals surface area contributed by atoms with Crippen LogP contribution in [0.3, 0.4) is 0 Å². The van der Waals surface area contributed by atoms with E-state index in [-0.39, 0.29) is 19.4 Å². The fraction of sp³-hybridized carbons (Fsp3) is 0.644. The molecular weight excluding hydrogens is 699 g/mol. The van der Waals surface area contributed by atoms with Gasteiger partial charge in [0.25, 0.3) is 0 Å². The van der Waals surface area contributed by atoms with Crippen molar-refractivity contribution in [2.75, 3.05) is 13.2 Å². The molecule has 0 aromatic heterocycles. The van der Waals surface area contributed by atoms with Crippen molar-refractivity contribution in [3.05, 3.63) is 85.1 Å².